The number of nitrogens with one attached hydrogen (secondary N) is 1. The number of nitrogens with zero attached hydrogens (tertiary/aromatic N) is 2. The van der Waals surface area contributed by atoms with Gasteiger partial charge in [0, 0.05) is 18.4 Å². The smallest absolute Gasteiger partial charge is 0.260 e. The van der Waals surface area contributed by atoms with E-state index >= 15 is 0 Å². The van der Waals surface area contributed by atoms with Crippen molar-refractivity contribution in [3.05, 3.63) is 71.6 Å². The molecule has 28 heavy (non-hydrogen) atoms. The minimum absolute atomic E-state index is 0.0476. The third kappa shape index (κ3) is 3.84. The molecule has 0 unspecified atom stereocenters. The number of allylic oxidation sites excluding steroid dienone is 1. The second-order valence-electron chi connectivity index (χ2n) is 7.37. The maximum absolute atomic E-state index is 13.0. The Kier molecular flexibility index (Phi) is 5.51. The molecule has 0 saturated carbocycles. The van der Waals surface area contributed by atoms with Crippen LogP contribution in [-0.2, 0) is 4.79 Å². The van der Waals surface area contributed by atoms with E-state index in [0.717, 1.165) is 24.9 Å². The predicted molar refractivity (Wildman–Crippen MR) is 109 cm³/mol. The number of rotatable bonds is 6. The summed E-state index contributed by atoms with van der Waals surface area (Å²) in [4.78, 5) is 31.7. The molecule has 2 amide bonds. The van der Waals surface area contributed by atoms with Gasteiger partial charge in [-0.2, -0.15) is 0 Å². The first-order valence-corrected chi connectivity index (χ1v) is 10.0. The van der Waals surface area contributed by atoms with Crippen molar-refractivity contribution in [1.29, 1.82) is 0 Å². The number of fused-ring (bicyclic) bond motifs is 1. The first kappa shape index (κ1) is 18.4. The molecule has 144 valence electrons. The fourth-order valence-electron chi connectivity index (χ4n) is 4.07. The van der Waals surface area contributed by atoms with Crippen LogP contribution in [0.3, 0.4) is 0 Å². The molecular weight excluding hydrogens is 350 g/mol. The third-order valence-corrected chi connectivity index (χ3v) is 5.48. The van der Waals surface area contributed by atoms with Gasteiger partial charge in [-0.05, 0) is 56.4 Å². The van der Waals surface area contributed by atoms with Gasteiger partial charge in [0.15, 0.2) is 0 Å². The van der Waals surface area contributed by atoms with Crippen LogP contribution in [0.1, 0.15) is 60.6 Å². The molecule has 1 aliphatic carbocycles. The Morgan fingerprint density at radius 2 is 2.00 bits per heavy atom. The van der Waals surface area contributed by atoms with Gasteiger partial charge in [-0.25, -0.2) is 0 Å². The van der Waals surface area contributed by atoms with E-state index in [9.17, 15) is 9.59 Å². The van der Waals surface area contributed by atoms with E-state index in [-0.39, 0.29) is 24.3 Å². The molecule has 0 radical (unpaired) electrons. The predicted octanol–water partition coefficient (Wildman–Crippen LogP) is 4.18. The van der Waals surface area contributed by atoms with E-state index in [1.54, 1.807) is 23.2 Å². The van der Waals surface area contributed by atoms with Crippen LogP contribution in [0.5, 0.6) is 0 Å². The van der Waals surface area contributed by atoms with Gasteiger partial charge in [-0.1, -0.05) is 29.8 Å². The number of carbonyl (C=O) groups excluding carboxylic acids is 2. The highest BCUT2D eigenvalue weighted by atomic mass is 16.2. The average Bonchev–Trinajstić information content (AvgIpc) is 3.01. The van der Waals surface area contributed by atoms with Crippen molar-refractivity contribution < 1.29 is 9.59 Å². The average molecular weight is 375 g/mol. The van der Waals surface area contributed by atoms with Crippen LogP contribution in [0, 0.1) is 0 Å². The second kappa shape index (κ2) is 8.38. The fourth-order valence-corrected chi connectivity index (χ4v) is 4.07. The number of para-hydroxylation sites is 1. The standard InChI is InChI=1S/C23H25N3O2/c27-21(24-15-13-17-8-3-1-4-9-17)16-20-22-19(12-7-14-25-22)23(28)26(20)18-10-5-2-6-11-18/h2,5-8,10-12,14,20H,1,3-4,9,13,15-16H2,(H,24,27)/t20-/m0/s1. The molecule has 1 atom stereocenters. The number of pyridine rings is 1. The molecule has 2 aliphatic rings. The van der Waals surface area contributed by atoms with Gasteiger partial charge < -0.3 is 5.32 Å². The SMILES string of the molecule is O=C(C[C@H]1c2ncccc2C(=O)N1c1ccccc1)NCCC1=CCCCC1. The third-order valence-electron chi connectivity index (χ3n) is 5.48. The zero-order valence-corrected chi connectivity index (χ0v) is 15.9. The van der Waals surface area contributed by atoms with Gasteiger partial charge >= 0.3 is 0 Å². The number of benzene rings is 1. The van der Waals surface area contributed by atoms with Crippen LogP contribution in [-0.4, -0.2) is 23.3 Å². The lowest BCUT2D eigenvalue weighted by Gasteiger charge is -2.24. The summed E-state index contributed by atoms with van der Waals surface area (Å²) >= 11 is 0. The lowest BCUT2D eigenvalue weighted by atomic mass is 9.97. The minimum atomic E-state index is -0.375. The van der Waals surface area contributed by atoms with E-state index in [4.69, 9.17) is 0 Å². The van der Waals surface area contributed by atoms with Crippen LogP contribution in [0.4, 0.5) is 5.69 Å². The van der Waals surface area contributed by atoms with Gasteiger partial charge in [0.05, 0.1) is 23.7 Å². The van der Waals surface area contributed by atoms with Crippen molar-refractivity contribution in [2.24, 2.45) is 0 Å². The summed E-state index contributed by atoms with van der Waals surface area (Å²) in [6, 6.07) is 12.7. The topological polar surface area (TPSA) is 62.3 Å². The zero-order chi connectivity index (χ0) is 19.3. The van der Waals surface area contributed by atoms with Gasteiger partial charge in [-0.3, -0.25) is 19.5 Å². The molecule has 1 aliphatic heterocycles. The molecule has 4 rings (SSSR count). The van der Waals surface area contributed by atoms with Gasteiger partial charge in [0.25, 0.3) is 5.91 Å². The maximum Gasteiger partial charge on any atom is 0.260 e. The number of anilines is 1. The summed E-state index contributed by atoms with van der Waals surface area (Å²) in [5, 5.41) is 3.03. The number of amides is 2. The highest BCUT2D eigenvalue weighted by Crippen LogP contribution is 2.38. The number of hydrogen-bond acceptors (Lipinski definition) is 3. The normalized spacial score (nSPS) is 18.6. The Hall–Kier alpha value is -2.95. The second-order valence-corrected chi connectivity index (χ2v) is 7.37. The largest absolute Gasteiger partial charge is 0.356 e. The number of aromatic nitrogens is 1. The molecule has 5 heteroatoms. The van der Waals surface area contributed by atoms with Crippen LogP contribution < -0.4 is 10.2 Å². The number of hydrogen-bond donors (Lipinski definition) is 1. The first-order valence-electron chi connectivity index (χ1n) is 10.0. The molecule has 0 fully saturated rings. The highest BCUT2D eigenvalue weighted by Gasteiger charge is 2.39. The molecule has 1 aromatic carbocycles. The van der Waals surface area contributed by atoms with Crippen molar-refractivity contribution in [2.75, 3.05) is 11.4 Å². The summed E-state index contributed by atoms with van der Waals surface area (Å²) in [5.41, 5.74) is 3.49. The maximum atomic E-state index is 13.0. The Morgan fingerprint density at radius 1 is 1.14 bits per heavy atom. The van der Waals surface area contributed by atoms with E-state index in [2.05, 4.69) is 16.4 Å². The Bertz CT molecular complexity index is 892. The summed E-state index contributed by atoms with van der Waals surface area (Å²) in [5.74, 6) is -0.145. The number of carbonyl (C=O) groups is 2. The van der Waals surface area contributed by atoms with Crippen molar-refractivity contribution in [2.45, 2.75) is 44.6 Å². The molecule has 5 nitrogen and oxygen atoms in total. The van der Waals surface area contributed by atoms with Crippen molar-refractivity contribution in [3.63, 3.8) is 0 Å². The van der Waals surface area contributed by atoms with Gasteiger partial charge in [-0.15, -0.1) is 0 Å². The first-order chi connectivity index (χ1) is 13.7. The lowest BCUT2D eigenvalue weighted by Crippen LogP contribution is -2.33. The molecule has 2 heterocycles. The molecule has 0 bridgehead atoms. The summed E-state index contributed by atoms with van der Waals surface area (Å²) in [7, 11) is 0. The molecule has 1 N–H and O–H groups in total. The summed E-state index contributed by atoms with van der Waals surface area (Å²) in [6.07, 6.45) is 9.93. The quantitative estimate of drug-likeness (QED) is 0.771. The van der Waals surface area contributed by atoms with Crippen molar-refractivity contribution in [1.82, 2.24) is 10.3 Å². The highest BCUT2D eigenvalue weighted by molar-refractivity contribution is 6.11. The van der Waals surface area contributed by atoms with Crippen LogP contribution >= 0.6 is 0 Å². The minimum Gasteiger partial charge on any atom is -0.356 e. The van der Waals surface area contributed by atoms with E-state index < -0.39 is 0 Å². The molecule has 0 spiro atoms. The molecular formula is C23H25N3O2. The van der Waals surface area contributed by atoms with Crippen LogP contribution in [0.25, 0.3) is 0 Å². The molecule has 2 aromatic rings. The summed E-state index contributed by atoms with van der Waals surface area (Å²) < 4.78 is 0. The van der Waals surface area contributed by atoms with E-state index in [1.807, 2.05) is 30.3 Å². The van der Waals surface area contributed by atoms with E-state index in [1.165, 1.54) is 18.4 Å². The molecule has 0 saturated heterocycles. The Balaban J connectivity index is 1.46. The van der Waals surface area contributed by atoms with Crippen molar-refractivity contribution >= 4 is 17.5 Å². The lowest BCUT2D eigenvalue weighted by molar-refractivity contribution is -0.121. The van der Waals surface area contributed by atoms with Crippen LogP contribution in [0.2, 0.25) is 0 Å². The molecule has 1 aromatic heterocycles. The Morgan fingerprint density at radius 3 is 2.79 bits per heavy atom. The van der Waals surface area contributed by atoms with Crippen molar-refractivity contribution in [3.8, 4) is 0 Å². The van der Waals surface area contributed by atoms with Crippen LogP contribution in [0.15, 0.2) is 60.3 Å². The monoisotopic (exact) mass is 375 g/mol. The zero-order valence-electron chi connectivity index (χ0n) is 15.9. The Labute approximate surface area is 165 Å². The van der Waals surface area contributed by atoms with Gasteiger partial charge in [0.2, 0.25) is 5.91 Å². The van der Waals surface area contributed by atoms with E-state index in [0.29, 0.717) is 17.8 Å². The van der Waals surface area contributed by atoms with Gasteiger partial charge in [0.1, 0.15) is 0 Å². The summed E-state index contributed by atoms with van der Waals surface area (Å²) in [6.45, 7) is 0.645. The fraction of sp³-hybridized carbons (Fsp3) is 0.348.